The van der Waals surface area contributed by atoms with Gasteiger partial charge in [0.15, 0.2) is 0 Å². The maximum Gasteiger partial charge on any atom is 0.324 e. The Labute approximate surface area is 202 Å². The van der Waals surface area contributed by atoms with Gasteiger partial charge in [-0.25, -0.2) is 4.79 Å². The van der Waals surface area contributed by atoms with E-state index in [0.29, 0.717) is 45.6 Å². The van der Waals surface area contributed by atoms with Crippen molar-refractivity contribution in [1.82, 2.24) is 10.2 Å². The molecule has 1 N–H and O–H groups in total. The summed E-state index contributed by atoms with van der Waals surface area (Å²) in [5.41, 5.74) is 2.90. The van der Waals surface area contributed by atoms with Crippen molar-refractivity contribution in [2.75, 3.05) is 31.1 Å². The van der Waals surface area contributed by atoms with Gasteiger partial charge in [-0.2, -0.15) is 0 Å². The highest BCUT2D eigenvalue weighted by Gasteiger charge is 2.34. The van der Waals surface area contributed by atoms with Crippen LogP contribution < -0.4 is 19.7 Å². The molecule has 7 nitrogen and oxygen atoms in total. The number of urea groups is 1. The molecule has 0 aliphatic carbocycles. The van der Waals surface area contributed by atoms with E-state index in [0.717, 1.165) is 34.7 Å². The van der Waals surface area contributed by atoms with Gasteiger partial charge >= 0.3 is 6.03 Å². The fraction of sp³-hybridized carbons (Fsp3) is 0.481. The number of hydrogen-bond donors (Lipinski definition) is 1. The second kappa shape index (κ2) is 10.8. The molecule has 1 saturated heterocycles. The van der Waals surface area contributed by atoms with Crippen LogP contribution in [0, 0.1) is 12.8 Å². The van der Waals surface area contributed by atoms with Crippen LogP contribution in [0.3, 0.4) is 0 Å². The van der Waals surface area contributed by atoms with Crippen molar-refractivity contribution in [2.24, 2.45) is 5.92 Å². The predicted octanol–water partition coefficient (Wildman–Crippen LogP) is 4.52. The van der Waals surface area contributed by atoms with Gasteiger partial charge in [0.25, 0.3) is 0 Å². The minimum atomic E-state index is -0.0917. The normalized spacial score (nSPS) is 18.1. The van der Waals surface area contributed by atoms with E-state index < -0.39 is 0 Å². The summed E-state index contributed by atoms with van der Waals surface area (Å²) < 4.78 is 11.7. The lowest BCUT2D eigenvalue weighted by Gasteiger charge is -2.39. The van der Waals surface area contributed by atoms with Crippen molar-refractivity contribution in [3.63, 3.8) is 0 Å². The van der Waals surface area contributed by atoms with Crippen LogP contribution in [-0.2, 0) is 11.3 Å². The van der Waals surface area contributed by atoms with Crippen molar-refractivity contribution >= 4 is 17.6 Å². The number of benzene rings is 2. The van der Waals surface area contributed by atoms with Gasteiger partial charge in [-0.15, -0.1) is 0 Å². The Morgan fingerprint density at radius 2 is 1.88 bits per heavy atom. The third-order valence-electron chi connectivity index (χ3n) is 6.63. The van der Waals surface area contributed by atoms with Crippen molar-refractivity contribution in [3.05, 3.63) is 53.6 Å². The SMILES string of the molecule is CCOc1ccccc1CNC(=O)C1CCN(C(=O)N2C[C@@H](CC)Oc3ccc(C)cc32)CC1. The average Bonchev–Trinajstić information content (AvgIpc) is 2.87. The lowest BCUT2D eigenvalue weighted by atomic mass is 9.96. The summed E-state index contributed by atoms with van der Waals surface area (Å²) in [7, 11) is 0. The van der Waals surface area contributed by atoms with Crippen LogP contribution in [0.25, 0.3) is 0 Å². The Morgan fingerprint density at radius 3 is 2.62 bits per heavy atom. The zero-order valence-corrected chi connectivity index (χ0v) is 20.4. The summed E-state index contributed by atoms with van der Waals surface area (Å²) in [6.45, 7) is 8.76. The van der Waals surface area contributed by atoms with Gasteiger partial charge < -0.3 is 19.7 Å². The number of nitrogens with zero attached hydrogens (tertiary/aromatic N) is 2. The highest BCUT2D eigenvalue weighted by molar-refractivity contribution is 5.94. The number of piperidine rings is 1. The number of fused-ring (bicyclic) bond motifs is 1. The molecular formula is C27H35N3O4. The van der Waals surface area contributed by atoms with Gasteiger partial charge in [-0.05, 0) is 56.9 Å². The van der Waals surface area contributed by atoms with Crippen LogP contribution in [0.5, 0.6) is 11.5 Å². The number of amides is 3. The van der Waals surface area contributed by atoms with Crippen LogP contribution >= 0.6 is 0 Å². The number of aryl methyl sites for hydroxylation is 1. The summed E-state index contributed by atoms with van der Waals surface area (Å²) in [5, 5.41) is 3.06. The van der Waals surface area contributed by atoms with Gasteiger partial charge in [0.2, 0.25) is 5.91 Å². The largest absolute Gasteiger partial charge is 0.494 e. The first-order valence-electron chi connectivity index (χ1n) is 12.3. The van der Waals surface area contributed by atoms with Crippen LogP contribution in [0.2, 0.25) is 0 Å². The maximum absolute atomic E-state index is 13.5. The number of anilines is 1. The second-order valence-corrected chi connectivity index (χ2v) is 9.03. The van der Waals surface area contributed by atoms with E-state index in [1.54, 1.807) is 0 Å². The molecule has 1 fully saturated rings. The number of carbonyl (C=O) groups is 2. The van der Waals surface area contributed by atoms with Gasteiger partial charge in [0, 0.05) is 31.1 Å². The Morgan fingerprint density at radius 1 is 1.12 bits per heavy atom. The van der Waals surface area contributed by atoms with Crippen LogP contribution in [0.1, 0.15) is 44.2 Å². The second-order valence-electron chi connectivity index (χ2n) is 9.03. The van der Waals surface area contributed by atoms with E-state index in [4.69, 9.17) is 9.47 Å². The molecule has 0 saturated carbocycles. The fourth-order valence-corrected chi connectivity index (χ4v) is 4.63. The lowest BCUT2D eigenvalue weighted by molar-refractivity contribution is -0.126. The maximum atomic E-state index is 13.5. The Balaban J connectivity index is 1.34. The molecule has 2 aromatic rings. The third-order valence-corrected chi connectivity index (χ3v) is 6.63. The highest BCUT2D eigenvalue weighted by atomic mass is 16.5. The molecule has 3 amide bonds. The smallest absolute Gasteiger partial charge is 0.324 e. The molecule has 2 aliphatic rings. The molecule has 4 rings (SSSR count). The van der Waals surface area contributed by atoms with E-state index >= 15 is 0 Å². The zero-order valence-electron chi connectivity index (χ0n) is 20.4. The molecule has 0 aromatic heterocycles. The monoisotopic (exact) mass is 465 g/mol. The summed E-state index contributed by atoms with van der Waals surface area (Å²) in [6, 6.07) is 13.7. The summed E-state index contributed by atoms with van der Waals surface area (Å²) in [6.07, 6.45) is 2.15. The number of nitrogens with one attached hydrogen (secondary N) is 1. The van der Waals surface area contributed by atoms with Crippen molar-refractivity contribution in [1.29, 1.82) is 0 Å². The van der Waals surface area contributed by atoms with Crippen molar-refractivity contribution in [3.8, 4) is 11.5 Å². The molecular weight excluding hydrogens is 430 g/mol. The molecule has 0 bridgehead atoms. The van der Waals surface area contributed by atoms with Gasteiger partial charge in [-0.1, -0.05) is 31.2 Å². The summed E-state index contributed by atoms with van der Waals surface area (Å²) in [4.78, 5) is 30.0. The van der Waals surface area contributed by atoms with E-state index in [1.807, 2.05) is 66.1 Å². The first kappa shape index (κ1) is 23.9. The number of hydrogen-bond acceptors (Lipinski definition) is 4. The Bertz CT molecular complexity index is 1020. The quantitative estimate of drug-likeness (QED) is 0.681. The minimum absolute atomic E-state index is 0.00176. The zero-order chi connectivity index (χ0) is 24.1. The predicted molar refractivity (Wildman–Crippen MR) is 132 cm³/mol. The summed E-state index contributed by atoms with van der Waals surface area (Å²) in [5.74, 6) is 1.51. The Hall–Kier alpha value is -3.22. The number of rotatable bonds is 6. The van der Waals surface area contributed by atoms with Crippen molar-refractivity contribution < 1.29 is 19.1 Å². The standard InChI is InChI=1S/C27H35N3O4/c1-4-22-18-30(23-16-19(3)10-11-25(23)34-22)27(32)29-14-12-20(13-15-29)26(31)28-17-21-8-6-7-9-24(21)33-5-2/h6-11,16,20,22H,4-5,12-15,17-18H2,1-3H3,(H,28,31)/t22-/m1/s1. The molecule has 2 aliphatic heterocycles. The average molecular weight is 466 g/mol. The number of likely N-dealkylation sites (tertiary alicyclic amines) is 1. The summed E-state index contributed by atoms with van der Waals surface area (Å²) >= 11 is 0. The highest BCUT2D eigenvalue weighted by Crippen LogP contribution is 2.36. The molecule has 2 heterocycles. The first-order valence-corrected chi connectivity index (χ1v) is 12.3. The van der Waals surface area contributed by atoms with E-state index in [1.165, 1.54) is 0 Å². The molecule has 0 unspecified atom stereocenters. The van der Waals surface area contributed by atoms with Gasteiger partial charge in [0.05, 0.1) is 18.8 Å². The Kier molecular flexibility index (Phi) is 7.60. The van der Waals surface area contributed by atoms with E-state index in [2.05, 4.69) is 12.2 Å². The molecule has 2 aromatic carbocycles. The van der Waals surface area contributed by atoms with E-state index in [-0.39, 0.29) is 24.0 Å². The fourth-order valence-electron chi connectivity index (χ4n) is 4.63. The number of ether oxygens (including phenoxy) is 2. The number of para-hydroxylation sites is 1. The lowest BCUT2D eigenvalue weighted by Crippen LogP contribution is -2.52. The minimum Gasteiger partial charge on any atom is -0.494 e. The van der Waals surface area contributed by atoms with Gasteiger partial charge in [-0.3, -0.25) is 9.69 Å². The molecule has 1 atom stereocenters. The molecule has 182 valence electrons. The topological polar surface area (TPSA) is 71.1 Å². The number of carbonyl (C=O) groups excluding carboxylic acids is 2. The first-order chi connectivity index (χ1) is 16.5. The van der Waals surface area contributed by atoms with Gasteiger partial charge in [0.1, 0.15) is 17.6 Å². The van der Waals surface area contributed by atoms with Crippen LogP contribution in [-0.4, -0.2) is 49.2 Å². The van der Waals surface area contributed by atoms with Crippen molar-refractivity contribution in [2.45, 2.75) is 52.7 Å². The molecule has 0 spiro atoms. The van der Waals surface area contributed by atoms with E-state index in [9.17, 15) is 9.59 Å². The molecule has 7 heteroatoms. The van der Waals surface area contributed by atoms with Crippen LogP contribution in [0.4, 0.5) is 10.5 Å². The molecule has 34 heavy (non-hydrogen) atoms. The van der Waals surface area contributed by atoms with Crippen LogP contribution in [0.15, 0.2) is 42.5 Å². The third kappa shape index (κ3) is 5.29. The molecule has 0 radical (unpaired) electrons.